The van der Waals surface area contributed by atoms with Crippen LogP contribution >= 0.6 is 12.4 Å². The van der Waals surface area contributed by atoms with Crippen molar-refractivity contribution in [2.45, 2.75) is 40.6 Å². The largest absolute Gasteiger partial charge is 0.430 e. The highest BCUT2D eigenvalue weighted by atomic mass is 35.5. The second-order valence-electron chi connectivity index (χ2n) is 9.12. The first-order valence-electron chi connectivity index (χ1n) is 11.6. The predicted molar refractivity (Wildman–Crippen MR) is 131 cm³/mol. The van der Waals surface area contributed by atoms with Crippen LogP contribution in [0.1, 0.15) is 23.1 Å². The molecule has 1 saturated heterocycles. The normalized spacial score (nSPS) is 18.3. The van der Waals surface area contributed by atoms with Crippen LogP contribution in [0.2, 0.25) is 0 Å². The number of hydrogen-bond donors (Lipinski definition) is 1. The monoisotopic (exact) mass is 633 g/mol. The van der Waals surface area contributed by atoms with Gasteiger partial charge in [-0.1, -0.05) is 30.3 Å². The highest BCUT2D eigenvalue weighted by Crippen LogP contribution is 2.54. The number of rotatable bonds is 7. The first kappa shape index (κ1) is 32.7. The van der Waals surface area contributed by atoms with Gasteiger partial charge in [-0.05, 0) is 54.9 Å². The van der Waals surface area contributed by atoms with Crippen molar-refractivity contribution in [1.29, 1.82) is 0 Å². The Balaban J connectivity index is 0.00000462. The van der Waals surface area contributed by atoms with Gasteiger partial charge in [0.2, 0.25) is 0 Å². The fraction of sp³-hybridized carbons (Fsp3) is 0.308. The van der Waals surface area contributed by atoms with Crippen LogP contribution in [0.5, 0.6) is 0 Å². The first-order chi connectivity index (χ1) is 18.6. The molecule has 1 N–H and O–H groups in total. The molecule has 0 aromatic heterocycles. The van der Waals surface area contributed by atoms with E-state index in [1.54, 1.807) is 0 Å². The molecule has 1 aliphatic heterocycles. The Morgan fingerprint density at radius 2 is 1.34 bits per heavy atom. The molecule has 1 heterocycles. The third kappa shape index (κ3) is 5.54. The van der Waals surface area contributed by atoms with Crippen LogP contribution < -0.4 is 5.32 Å². The van der Waals surface area contributed by atoms with Crippen LogP contribution in [0.25, 0.3) is 0 Å². The molecule has 0 saturated carbocycles. The molecule has 1 aliphatic rings. The number of nitrogens with one attached hydrogen (secondary N) is 1. The van der Waals surface area contributed by atoms with Crippen molar-refractivity contribution in [2.75, 3.05) is 13.1 Å². The van der Waals surface area contributed by atoms with Crippen molar-refractivity contribution >= 4 is 22.2 Å². The zero-order valence-electron chi connectivity index (χ0n) is 20.6. The Morgan fingerprint density at radius 3 is 1.80 bits per heavy atom. The van der Waals surface area contributed by atoms with Crippen molar-refractivity contribution in [2.24, 2.45) is 0 Å². The molecule has 3 aromatic carbocycles. The quantitative estimate of drug-likeness (QED) is 0.232. The van der Waals surface area contributed by atoms with Gasteiger partial charge in [-0.2, -0.15) is 26.3 Å². The van der Waals surface area contributed by atoms with E-state index in [4.69, 9.17) is 0 Å². The summed E-state index contributed by atoms with van der Waals surface area (Å²) >= 11 is 0. The Bertz CT molecular complexity index is 1440. The maximum Gasteiger partial charge on any atom is 0.430 e. The van der Waals surface area contributed by atoms with Crippen molar-refractivity contribution in [3.8, 4) is 0 Å². The van der Waals surface area contributed by atoms with Crippen LogP contribution in [-0.2, 0) is 31.5 Å². The van der Waals surface area contributed by atoms with Crippen LogP contribution in [0.4, 0.5) is 39.5 Å². The molecule has 0 aliphatic carbocycles. The average molecular weight is 634 g/mol. The van der Waals surface area contributed by atoms with Crippen LogP contribution in [0.3, 0.4) is 0 Å². The number of benzene rings is 3. The average Bonchev–Trinajstić information content (AvgIpc) is 3.37. The molecule has 15 heteroatoms. The van der Waals surface area contributed by atoms with E-state index in [1.807, 2.05) is 0 Å². The molecule has 41 heavy (non-hydrogen) atoms. The molecule has 1 fully saturated rings. The third-order valence-electron chi connectivity index (χ3n) is 6.87. The van der Waals surface area contributed by atoms with Gasteiger partial charge in [0.25, 0.3) is 5.60 Å². The Hall–Kier alpha value is -2.81. The molecular weight excluding hydrogens is 613 g/mol. The lowest BCUT2D eigenvalue weighted by Gasteiger charge is -2.38. The zero-order valence-corrected chi connectivity index (χ0v) is 22.3. The number of sulfone groups is 1. The summed E-state index contributed by atoms with van der Waals surface area (Å²) in [6.07, 6.45) is -12.4. The van der Waals surface area contributed by atoms with E-state index in [1.165, 1.54) is 0 Å². The second-order valence-corrected chi connectivity index (χ2v) is 11.4. The van der Waals surface area contributed by atoms with E-state index in [0.717, 1.165) is 42.5 Å². The van der Waals surface area contributed by atoms with E-state index >= 15 is 0 Å². The molecule has 4 nitrogen and oxygen atoms in total. The molecule has 1 atom stereocenters. The highest BCUT2D eigenvalue weighted by molar-refractivity contribution is 7.92. The lowest BCUT2D eigenvalue weighted by Crippen LogP contribution is -2.56. The lowest BCUT2D eigenvalue weighted by atomic mass is 9.88. The van der Waals surface area contributed by atoms with Crippen molar-refractivity contribution < 1.29 is 52.7 Å². The maximum absolute atomic E-state index is 14.2. The minimum absolute atomic E-state index is 0. The summed E-state index contributed by atoms with van der Waals surface area (Å²) in [4.78, 5) is -0.295. The van der Waals surface area contributed by atoms with Crippen molar-refractivity contribution in [3.05, 3.63) is 101 Å². The van der Waals surface area contributed by atoms with Gasteiger partial charge in [-0.25, -0.2) is 21.6 Å². The standard InChI is InChI=1S/C26H20F9NO3S.ClH/c27-18-8-10-19(11-9-18)40(37,38)23(12-13-36-15-23)16-4-6-17(7-5-16)24(25(30,31)32,26(33,34)35)39-14-20-21(28)2-1-3-22(20)29;/h1-11,36H,12-15H2;1H. The molecule has 4 rings (SSSR count). The summed E-state index contributed by atoms with van der Waals surface area (Å²) in [5.41, 5.74) is -7.75. The smallest absolute Gasteiger partial charge is 0.349 e. The predicted octanol–water partition coefficient (Wildman–Crippen LogP) is 6.72. The van der Waals surface area contributed by atoms with Gasteiger partial charge in [-0.15, -0.1) is 12.4 Å². The minimum Gasteiger partial charge on any atom is -0.349 e. The lowest BCUT2D eigenvalue weighted by molar-refractivity contribution is -0.392. The number of hydrogen-bond acceptors (Lipinski definition) is 4. The third-order valence-corrected chi connectivity index (χ3v) is 9.37. The van der Waals surface area contributed by atoms with Crippen LogP contribution in [0, 0.1) is 17.5 Å². The molecule has 0 amide bonds. The van der Waals surface area contributed by atoms with Gasteiger partial charge >= 0.3 is 12.4 Å². The summed E-state index contributed by atoms with van der Waals surface area (Å²) in [5, 5.41) is 2.83. The fourth-order valence-corrected chi connectivity index (χ4v) is 6.79. The Morgan fingerprint density at radius 1 is 0.805 bits per heavy atom. The number of alkyl halides is 6. The Kier molecular flexibility index (Phi) is 9.14. The maximum atomic E-state index is 14.2. The summed E-state index contributed by atoms with van der Waals surface area (Å²) < 4.78 is 156. The SMILES string of the molecule is Cl.O=S(=O)(c1ccc(F)cc1)C1(c2ccc(C(OCc3c(F)cccc3F)(C(F)(F)F)C(F)(F)F)cc2)CCNC1. The van der Waals surface area contributed by atoms with Crippen molar-refractivity contribution in [1.82, 2.24) is 5.32 Å². The highest BCUT2D eigenvalue weighted by Gasteiger charge is 2.73. The summed E-state index contributed by atoms with van der Waals surface area (Å²) in [5.74, 6) is -3.53. The van der Waals surface area contributed by atoms with Crippen LogP contribution in [-0.4, -0.2) is 33.9 Å². The van der Waals surface area contributed by atoms with E-state index in [2.05, 4.69) is 10.1 Å². The van der Waals surface area contributed by atoms with Crippen LogP contribution in [0.15, 0.2) is 71.6 Å². The summed E-state index contributed by atoms with van der Waals surface area (Å²) in [6, 6.07) is 8.47. The first-order valence-corrected chi connectivity index (χ1v) is 13.1. The van der Waals surface area contributed by atoms with E-state index in [0.29, 0.717) is 24.3 Å². The molecule has 3 aromatic rings. The molecule has 0 bridgehead atoms. The van der Waals surface area contributed by atoms with Gasteiger partial charge in [0.15, 0.2) is 9.84 Å². The van der Waals surface area contributed by atoms with Crippen molar-refractivity contribution in [3.63, 3.8) is 0 Å². The van der Waals surface area contributed by atoms with Gasteiger partial charge < -0.3 is 10.1 Å². The molecule has 0 radical (unpaired) electrons. The minimum atomic E-state index is -6.15. The second kappa shape index (κ2) is 11.5. The van der Waals surface area contributed by atoms with Gasteiger partial charge in [0.05, 0.1) is 11.5 Å². The fourth-order valence-electron chi connectivity index (χ4n) is 4.73. The number of halogens is 10. The molecule has 0 spiro atoms. The zero-order chi connectivity index (χ0) is 29.6. The topological polar surface area (TPSA) is 55.4 Å². The summed E-state index contributed by atoms with van der Waals surface area (Å²) in [7, 11) is -4.32. The molecule has 224 valence electrons. The Labute approximate surface area is 234 Å². The van der Waals surface area contributed by atoms with E-state index in [-0.39, 0.29) is 42.4 Å². The van der Waals surface area contributed by atoms with E-state index < -0.39 is 67.7 Å². The van der Waals surface area contributed by atoms with Gasteiger partial charge in [-0.3, -0.25) is 0 Å². The van der Waals surface area contributed by atoms with Gasteiger partial charge in [0.1, 0.15) is 22.2 Å². The molecule has 1 unspecified atom stereocenters. The molecular formula is C26H21ClF9NO3S. The number of ether oxygens (including phenoxy) is 1. The van der Waals surface area contributed by atoms with E-state index in [9.17, 15) is 47.9 Å². The van der Waals surface area contributed by atoms with Gasteiger partial charge in [0, 0.05) is 17.7 Å². The summed E-state index contributed by atoms with van der Waals surface area (Å²) in [6.45, 7) is -1.78.